The smallest absolute Gasteiger partial charge is 0.160 e. The molecule has 1 N–H and O–H groups in total. The van der Waals surface area contributed by atoms with Gasteiger partial charge in [0, 0.05) is 6.20 Å². The van der Waals surface area contributed by atoms with E-state index in [1.54, 1.807) is 0 Å². The van der Waals surface area contributed by atoms with E-state index >= 15 is 0 Å². The first kappa shape index (κ1) is 9.46. The SMILES string of the molecule is CC(C)(C)c1cnc2[nH]nc(Cl)c2c1. The Balaban J connectivity index is 2.66. The summed E-state index contributed by atoms with van der Waals surface area (Å²) in [5.74, 6) is 0. The lowest BCUT2D eigenvalue weighted by atomic mass is 9.88. The van der Waals surface area contributed by atoms with Crippen LogP contribution in [0.4, 0.5) is 0 Å². The van der Waals surface area contributed by atoms with Gasteiger partial charge in [0.1, 0.15) is 0 Å². The first-order valence-electron chi connectivity index (χ1n) is 4.48. The molecule has 0 bridgehead atoms. The maximum absolute atomic E-state index is 5.91. The van der Waals surface area contributed by atoms with E-state index in [0.717, 1.165) is 16.6 Å². The Hall–Kier alpha value is -1.09. The third-order valence-electron chi connectivity index (χ3n) is 2.24. The number of H-pyrrole nitrogens is 1. The van der Waals surface area contributed by atoms with Crippen molar-refractivity contribution in [3.8, 4) is 0 Å². The highest BCUT2D eigenvalue weighted by Gasteiger charge is 2.15. The van der Waals surface area contributed by atoms with Gasteiger partial charge in [-0.1, -0.05) is 32.4 Å². The van der Waals surface area contributed by atoms with Gasteiger partial charge in [0.05, 0.1) is 5.39 Å². The second-order valence-corrected chi connectivity index (χ2v) is 4.74. The Bertz CT molecular complexity index is 468. The minimum atomic E-state index is 0.0851. The van der Waals surface area contributed by atoms with E-state index in [1.807, 2.05) is 12.3 Å². The Morgan fingerprint density at radius 3 is 2.71 bits per heavy atom. The summed E-state index contributed by atoms with van der Waals surface area (Å²) in [6, 6.07) is 2.04. The molecule has 0 aromatic carbocycles. The van der Waals surface area contributed by atoms with Crippen molar-refractivity contribution < 1.29 is 0 Å². The number of hydrogen-bond donors (Lipinski definition) is 1. The van der Waals surface area contributed by atoms with Gasteiger partial charge < -0.3 is 0 Å². The van der Waals surface area contributed by atoms with Crippen molar-refractivity contribution in [1.29, 1.82) is 0 Å². The summed E-state index contributed by atoms with van der Waals surface area (Å²) >= 11 is 5.91. The standard InChI is InChI=1S/C10H12ClN3/c1-10(2,3)6-4-7-8(11)13-14-9(7)12-5-6/h4-5H,1-3H3,(H,12,13,14). The lowest BCUT2D eigenvalue weighted by molar-refractivity contribution is 0.588. The summed E-state index contributed by atoms with van der Waals surface area (Å²) in [5, 5.41) is 8.04. The predicted octanol–water partition coefficient (Wildman–Crippen LogP) is 2.91. The molecule has 74 valence electrons. The highest BCUT2D eigenvalue weighted by molar-refractivity contribution is 6.34. The van der Waals surface area contributed by atoms with Gasteiger partial charge in [-0.2, -0.15) is 5.10 Å². The van der Waals surface area contributed by atoms with Crippen molar-refractivity contribution in [3.05, 3.63) is 23.0 Å². The van der Waals surface area contributed by atoms with Gasteiger partial charge in [-0.25, -0.2) is 4.98 Å². The molecule has 0 aliphatic carbocycles. The van der Waals surface area contributed by atoms with Crippen LogP contribution in [0.3, 0.4) is 0 Å². The molecule has 2 aromatic rings. The molecule has 0 atom stereocenters. The zero-order valence-corrected chi connectivity index (χ0v) is 9.18. The topological polar surface area (TPSA) is 41.6 Å². The largest absolute Gasteiger partial charge is 0.259 e. The normalized spacial score (nSPS) is 12.3. The summed E-state index contributed by atoms with van der Waals surface area (Å²) in [5.41, 5.74) is 1.98. The molecule has 2 aromatic heterocycles. The molecule has 0 saturated carbocycles. The minimum Gasteiger partial charge on any atom is -0.259 e. The van der Waals surface area contributed by atoms with Crippen LogP contribution in [-0.4, -0.2) is 15.2 Å². The molecular weight excluding hydrogens is 198 g/mol. The number of aromatic amines is 1. The molecule has 0 aliphatic heterocycles. The van der Waals surface area contributed by atoms with Crippen LogP contribution in [0.25, 0.3) is 11.0 Å². The van der Waals surface area contributed by atoms with E-state index in [-0.39, 0.29) is 5.41 Å². The monoisotopic (exact) mass is 209 g/mol. The molecule has 0 unspecified atom stereocenters. The lowest BCUT2D eigenvalue weighted by Gasteiger charge is -2.17. The summed E-state index contributed by atoms with van der Waals surface area (Å²) in [6.45, 7) is 6.43. The molecular formula is C10H12ClN3. The fourth-order valence-corrected chi connectivity index (χ4v) is 1.47. The molecule has 0 amide bonds. The van der Waals surface area contributed by atoms with E-state index in [0.29, 0.717) is 5.15 Å². The number of aromatic nitrogens is 3. The lowest BCUT2D eigenvalue weighted by Crippen LogP contribution is -2.11. The quantitative estimate of drug-likeness (QED) is 0.725. The highest BCUT2D eigenvalue weighted by atomic mass is 35.5. The molecule has 0 aliphatic rings. The molecule has 0 radical (unpaired) electrons. The number of nitrogens with zero attached hydrogens (tertiary/aromatic N) is 2. The Morgan fingerprint density at radius 2 is 2.07 bits per heavy atom. The molecule has 0 fully saturated rings. The fourth-order valence-electron chi connectivity index (χ4n) is 1.28. The van der Waals surface area contributed by atoms with Crippen molar-refractivity contribution in [1.82, 2.24) is 15.2 Å². The van der Waals surface area contributed by atoms with Crippen molar-refractivity contribution in [2.75, 3.05) is 0 Å². The van der Waals surface area contributed by atoms with Crippen molar-refractivity contribution in [2.24, 2.45) is 0 Å². The average molecular weight is 210 g/mol. The molecule has 3 nitrogen and oxygen atoms in total. The second kappa shape index (κ2) is 2.95. The van der Waals surface area contributed by atoms with Crippen LogP contribution in [0.15, 0.2) is 12.3 Å². The summed E-state index contributed by atoms with van der Waals surface area (Å²) in [6.07, 6.45) is 1.86. The minimum absolute atomic E-state index is 0.0851. The van der Waals surface area contributed by atoms with Gasteiger partial charge in [-0.3, -0.25) is 5.10 Å². The third kappa shape index (κ3) is 1.48. The number of rotatable bonds is 0. The molecule has 2 heterocycles. The van der Waals surface area contributed by atoms with E-state index in [2.05, 4.69) is 36.0 Å². The maximum atomic E-state index is 5.91. The van der Waals surface area contributed by atoms with Crippen molar-refractivity contribution in [2.45, 2.75) is 26.2 Å². The molecule has 0 saturated heterocycles. The number of hydrogen-bond acceptors (Lipinski definition) is 2. The van der Waals surface area contributed by atoms with Crippen LogP contribution in [0.5, 0.6) is 0 Å². The number of pyridine rings is 1. The van der Waals surface area contributed by atoms with E-state index < -0.39 is 0 Å². The Morgan fingerprint density at radius 1 is 1.36 bits per heavy atom. The fraction of sp³-hybridized carbons (Fsp3) is 0.400. The first-order chi connectivity index (χ1) is 6.48. The molecule has 4 heteroatoms. The van der Waals surface area contributed by atoms with E-state index in [9.17, 15) is 0 Å². The Labute approximate surface area is 87.5 Å². The van der Waals surface area contributed by atoms with E-state index in [4.69, 9.17) is 11.6 Å². The molecule has 14 heavy (non-hydrogen) atoms. The van der Waals surface area contributed by atoms with Gasteiger partial charge in [0.2, 0.25) is 0 Å². The highest BCUT2D eigenvalue weighted by Crippen LogP contribution is 2.26. The van der Waals surface area contributed by atoms with Gasteiger partial charge >= 0.3 is 0 Å². The van der Waals surface area contributed by atoms with Gasteiger partial charge in [-0.15, -0.1) is 0 Å². The zero-order valence-electron chi connectivity index (χ0n) is 8.43. The molecule has 0 spiro atoms. The predicted molar refractivity (Wildman–Crippen MR) is 57.6 cm³/mol. The summed E-state index contributed by atoms with van der Waals surface area (Å²) in [7, 11) is 0. The number of halogens is 1. The third-order valence-corrected chi connectivity index (χ3v) is 2.52. The van der Waals surface area contributed by atoms with Gasteiger partial charge in [0.15, 0.2) is 10.8 Å². The van der Waals surface area contributed by atoms with E-state index in [1.165, 1.54) is 0 Å². The maximum Gasteiger partial charge on any atom is 0.160 e. The zero-order chi connectivity index (χ0) is 10.3. The average Bonchev–Trinajstić information content (AvgIpc) is 2.46. The van der Waals surface area contributed by atoms with Gasteiger partial charge in [0.25, 0.3) is 0 Å². The van der Waals surface area contributed by atoms with Crippen LogP contribution in [0, 0.1) is 0 Å². The molecule has 2 rings (SSSR count). The van der Waals surface area contributed by atoms with Crippen molar-refractivity contribution >= 4 is 22.6 Å². The number of fused-ring (bicyclic) bond motifs is 1. The van der Waals surface area contributed by atoms with Crippen LogP contribution in [0.2, 0.25) is 5.15 Å². The van der Waals surface area contributed by atoms with Crippen LogP contribution in [-0.2, 0) is 5.41 Å². The Kier molecular flexibility index (Phi) is 2.00. The van der Waals surface area contributed by atoms with Gasteiger partial charge in [-0.05, 0) is 17.0 Å². The first-order valence-corrected chi connectivity index (χ1v) is 4.86. The second-order valence-electron chi connectivity index (χ2n) is 4.38. The van der Waals surface area contributed by atoms with Crippen LogP contribution < -0.4 is 0 Å². The summed E-state index contributed by atoms with van der Waals surface area (Å²) < 4.78 is 0. The summed E-state index contributed by atoms with van der Waals surface area (Å²) in [4.78, 5) is 4.27. The van der Waals surface area contributed by atoms with Crippen LogP contribution in [0.1, 0.15) is 26.3 Å². The number of nitrogens with one attached hydrogen (secondary N) is 1. The van der Waals surface area contributed by atoms with Crippen molar-refractivity contribution in [3.63, 3.8) is 0 Å². The van der Waals surface area contributed by atoms with Crippen LogP contribution >= 0.6 is 11.6 Å².